The van der Waals surface area contributed by atoms with Crippen LogP contribution < -0.4 is 0 Å². The van der Waals surface area contributed by atoms with Crippen molar-refractivity contribution in [2.45, 2.75) is 276 Å². The van der Waals surface area contributed by atoms with Crippen molar-refractivity contribution < 1.29 is 58.2 Å². The molecule has 0 bridgehead atoms. The molecule has 458 valence electrons. The number of carbonyl (C=O) groups excluding carboxylic acids is 3. The lowest BCUT2D eigenvalue weighted by molar-refractivity contribution is -0.301. The molecule has 1 saturated heterocycles. The molecule has 1 fully saturated rings. The molecule has 0 aliphatic carbocycles. The van der Waals surface area contributed by atoms with Gasteiger partial charge in [0.25, 0.3) is 0 Å². The number of esters is 3. The number of aliphatic hydroxyl groups excluding tert-OH is 2. The first-order valence-electron chi connectivity index (χ1n) is 31.5. The van der Waals surface area contributed by atoms with Crippen LogP contribution in [0.2, 0.25) is 0 Å². The summed E-state index contributed by atoms with van der Waals surface area (Å²) in [6.07, 6.45) is 64.6. The number of allylic oxidation sites excluding steroid dienone is 20. The Morgan fingerprint density at radius 1 is 0.420 bits per heavy atom. The van der Waals surface area contributed by atoms with Crippen molar-refractivity contribution in [3.8, 4) is 0 Å². The van der Waals surface area contributed by atoms with E-state index in [0.29, 0.717) is 25.7 Å². The molecule has 1 aliphatic rings. The highest BCUT2D eigenvalue weighted by Gasteiger charge is 2.50. The van der Waals surface area contributed by atoms with Crippen LogP contribution in [0.5, 0.6) is 0 Å². The van der Waals surface area contributed by atoms with Gasteiger partial charge in [-0.25, -0.2) is 4.79 Å². The predicted octanol–water partition coefficient (Wildman–Crippen LogP) is 16.8. The molecule has 3 N–H and O–H groups in total. The summed E-state index contributed by atoms with van der Waals surface area (Å²) in [6, 6.07) is 0. The number of carbonyl (C=O) groups is 4. The van der Waals surface area contributed by atoms with E-state index in [0.717, 1.165) is 122 Å². The number of aliphatic carboxylic acids is 1. The van der Waals surface area contributed by atoms with Gasteiger partial charge in [-0.1, -0.05) is 226 Å². The lowest BCUT2D eigenvalue weighted by Gasteiger charge is -2.40. The molecule has 6 unspecified atom stereocenters. The van der Waals surface area contributed by atoms with Crippen LogP contribution in [-0.4, -0.2) is 89.2 Å². The lowest BCUT2D eigenvalue weighted by atomic mass is 9.98. The second-order valence-corrected chi connectivity index (χ2v) is 20.9. The molecule has 6 atom stereocenters. The summed E-state index contributed by atoms with van der Waals surface area (Å²) >= 11 is 0. The Labute approximate surface area is 490 Å². The number of carboxylic acids is 1. The van der Waals surface area contributed by atoms with E-state index in [1.54, 1.807) is 0 Å². The Hall–Kier alpha value is -4.88. The molecular formula is C69H110O12. The number of aliphatic hydroxyl groups is 2. The topological polar surface area (TPSA) is 175 Å². The largest absolute Gasteiger partial charge is 0.479 e. The molecule has 0 aromatic heterocycles. The van der Waals surface area contributed by atoms with Crippen molar-refractivity contribution in [3.05, 3.63) is 122 Å². The molecule has 0 aromatic carbocycles. The van der Waals surface area contributed by atoms with E-state index in [-0.39, 0.29) is 25.9 Å². The van der Waals surface area contributed by atoms with Crippen molar-refractivity contribution in [2.24, 2.45) is 0 Å². The van der Waals surface area contributed by atoms with Gasteiger partial charge in [-0.2, -0.15) is 0 Å². The molecule has 0 saturated carbocycles. The highest BCUT2D eigenvalue weighted by molar-refractivity contribution is 5.74. The molecule has 12 heteroatoms. The van der Waals surface area contributed by atoms with Crippen LogP contribution in [0.3, 0.4) is 0 Å². The Morgan fingerprint density at radius 3 is 1.23 bits per heavy atom. The first-order valence-corrected chi connectivity index (χ1v) is 31.5. The van der Waals surface area contributed by atoms with Gasteiger partial charge in [0.05, 0.1) is 6.61 Å². The van der Waals surface area contributed by atoms with Crippen LogP contribution >= 0.6 is 0 Å². The molecule has 0 aromatic rings. The number of hydrogen-bond donors (Lipinski definition) is 3. The van der Waals surface area contributed by atoms with E-state index < -0.39 is 67.3 Å². The number of hydrogen-bond acceptors (Lipinski definition) is 11. The molecular weight excluding hydrogens is 1020 g/mol. The van der Waals surface area contributed by atoms with Crippen molar-refractivity contribution in [1.82, 2.24) is 0 Å². The highest BCUT2D eigenvalue weighted by atomic mass is 16.7. The van der Waals surface area contributed by atoms with Crippen LogP contribution in [-0.2, 0) is 42.9 Å². The van der Waals surface area contributed by atoms with Crippen LogP contribution in [0.25, 0.3) is 0 Å². The Kier molecular flexibility index (Phi) is 50.9. The molecule has 1 heterocycles. The normalized spacial score (nSPS) is 18.6. The third-order valence-corrected chi connectivity index (χ3v) is 13.5. The minimum atomic E-state index is -1.93. The zero-order chi connectivity index (χ0) is 58.9. The number of ether oxygens (including phenoxy) is 5. The van der Waals surface area contributed by atoms with Gasteiger partial charge < -0.3 is 39.0 Å². The fourth-order valence-corrected chi connectivity index (χ4v) is 8.76. The molecule has 1 rings (SSSR count). The van der Waals surface area contributed by atoms with E-state index in [1.807, 2.05) is 18.2 Å². The zero-order valence-corrected chi connectivity index (χ0v) is 50.5. The van der Waals surface area contributed by atoms with Crippen LogP contribution in [0.1, 0.15) is 239 Å². The van der Waals surface area contributed by atoms with Gasteiger partial charge in [0.2, 0.25) is 0 Å². The highest BCUT2D eigenvalue weighted by Crippen LogP contribution is 2.26. The third kappa shape index (κ3) is 45.3. The minimum absolute atomic E-state index is 0.0680. The predicted molar refractivity (Wildman–Crippen MR) is 330 cm³/mol. The standard InChI is InChI=1S/C69H110O12/c1-4-7-10-13-16-19-22-25-27-29-31-33-35-38-40-43-46-49-52-55-61(70)77-58-60(79-62(71)56-53-50-47-44-42-39-36-34-32-30-28-26-23-20-17-14-11-8-5-2)59-78-69-67(65(74)64(73)66(81-69)68(75)76)80-63(72)57-54-51-48-45-41-37-24-21-18-15-12-9-6-3/h7,9-10,12,16-21,25-28,31,33,37,41,48,51,60,64-67,69,73-74H,4-6,8,11,13-15,22-24,29-30,32,34-36,38-40,42-47,49-50,52-59H2,1-3H3,(H,75,76)/b10-7-,12-9-,19-16-,20-17-,21-18-,27-25-,28-26-,33-31-,41-37-,51-48-. The Morgan fingerprint density at radius 2 is 0.802 bits per heavy atom. The minimum Gasteiger partial charge on any atom is -0.479 e. The van der Waals surface area contributed by atoms with Crippen LogP contribution in [0.4, 0.5) is 0 Å². The Bertz CT molecular complexity index is 1870. The van der Waals surface area contributed by atoms with Crippen LogP contribution in [0, 0.1) is 0 Å². The fourth-order valence-electron chi connectivity index (χ4n) is 8.76. The van der Waals surface area contributed by atoms with Crippen LogP contribution in [0.15, 0.2) is 122 Å². The van der Waals surface area contributed by atoms with Gasteiger partial charge in [-0.05, 0) is 116 Å². The smallest absolute Gasteiger partial charge is 0.335 e. The maximum Gasteiger partial charge on any atom is 0.335 e. The summed E-state index contributed by atoms with van der Waals surface area (Å²) < 4.78 is 28.4. The van der Waals surface area contributed by atoms with Gasteiger partial charge in [0.15, 0.2) is 24.6 Å². The lowest BCUT2D eigenvalue weighted by Crippen LogP contribution is -2.61. The second kappa shape index (κ2) is 55.6. The van der Waals surface area contributed by atoms with Crippen molar-refractivity contribution in [1.29, 1.82) is 0 Å². The van der Waals surface area contributed by atoms with Crippen molar-refractivity contribution in [3.63, 3.8) is 0 Å². The summed E-state index contributed by atoms with van der Waals surface area (Å²) in [5.41, 5.74) is 0. The number of carboxylic acid groups (broad SMARTS) is 1. The monoisotopic (exact) mass is 1130 g/mol. The first-order chi connectivity index (χ1) is 39.6. The molecule has 12 nitrogen and oxygen atoms in total. The van der Waals surface area contributed by atoms with E-state index in [9.17, 15) is 34.5 Å². The molecule has 0 spiro atoms. The molecule has 1 aliphatic heterocycles. The fraction of sp³-hybridized carbons (Fsp3) is 0.652. The van der Waals surface area contributed by atoms with E-state index in [2.05, 4.69) is 124 Å². The van der Waals surface area contributed by atoms with Crippen molar-refractivity contribution in [2.75, 3.05) is 13.2 Å². The average molecular weight is 1130 g/mol. The second-order valence-electron chi connectivity index (χ2n) is 20.9. The third-order valence-electron chi connectivity index (χ3n) is 13.5. The molecule has 81 heavy (non-hydrogen) atoms. The van der Waals surface area contributed by atoms with Gasteiger partial charge >= 0.3 is 23.9 Å². The average Bonchev–Trinajstić information content (AvgIpc) is 3.46. The number of unbranched alkanes of at least 4 members (excludes halogenated alkanes) is 18. The van der Waals surface area contributed by atoms with E-state index >= 15 is 0 Å². The quantitative estimate of drug-likeness (QED) is 0.0228. The molecule has 0 amide bonds. The van der Waals surface area contributed by atoms with E-state index in [1.165, 1.54) is 51.4 Å². The van der Waals surface area contributed by atoms with Gasteiger partial charge in [-0.3, -0.25) is 14.4 Å². The first kappa shape index (κ1) is 74.1. The maximum absolute atomic E-state index is 13.2. The summed E-state index contributed by atoms with van der Waals surface area (Å²) in [7, 11) is 0. The Balaban J connectivity index is 2.71. The van der Waals surface area contributed by atoms with Gasteiger partial charge in [0, 0.05) is 19.3 Å². The van der Waals surface area contributed by atoms with Crippen molar-refractivity contribution >= 4 is 23.9 Å². The number of rotatable bonds is 52. The van der Waals surface area contributed by atoms with Gasteiger partial charge in [0.1, 0.15) is 18.8 Å². The van der Waals surface area contributed by atoms with E-state index in [4.69, 9.17) is 23.7 Å². The molecule has 0 radical (unpaired) electrons. The maximum atomic E-state index is 13.2. The van der Waals surface area contributed by atoms with Gasteiger partial charge in [-0.15, -0.1) is 0 Å². The summed E-state index contributed by atoms with van der Waals surface area (Å²) in [5, 5.41) is 31.5. The summed E-state index contributed by atoms with van der Waals surface area (Å²) in [4.78, 5) is 51.2. The summed E-state index contributed by atoms with van der Waals surface area (Å²) in [6.45, 7) is 5.69. The SMILES string of the molecule is CC/C=C\C/C=C\C/C=C\C/C=C\CCCCCCCCC(=O)OCC(COC1OC(C(=O)O)C(O)C(O)C1OC(=O)CC/C=C\C/C=C\C/C=C\C/C=C\CC)OC(=O)CCCCCCCCCCC/C=C\C/C=C\CCCCC. The summed E-state index contributed by atoms with van der Waals surface area (Å²) in [5.74, 6) is -3.26. The zero-order valence-electron chi connectivity index (χ0n) is 50.5.